The molecular weight excluding hydrogens is 216 g/mol. The molecule has 2 aliphatic carbocycles. The highest BCUT2D eigenvalue weighted by molar-refractivity contribution is 6.06. The van der Waals surface area contributed by atoms with Crippen molar-refractivity contribution in [1.29, 1.82) is 0 Å². The molecule has 0 amide bonds. The van der Waals surface area contributed by atoms with Gasteiger partial charge in [0.1, 0.15) is 11.5 Å². The van der Waals surface area contributed by atoms with Crippen molar-refractivity contribution in [3.63, 3.8) is 0 Å². The Labute approximate surface area is 99.8 Å². The fourth-order valence-electron chi connectivity index (χ4n) is 3.05. The molecule has 1 fully saturated rings. The van der Waals surface area contributed by atoms with Gasteiger partial charge in [-0.25, -0.2) is 0 Å². The predicted octanol–water partition coefficient (Wildman–Crippen LogP) is 2.34. The average Bonchev–Trinajstić information content (AvgIpc) is 2.62. The normalized spacial score (nSPS) is 26.6. The summed E-state index contributed by atoms with van der Waals surface area (Å²) in [6.45, 7) is 0. The minimum absolute atomic E-state index is 0.113. The summed E-state index contributed by atoms with van der Waals surface area (Å²) in [6.07, 6.45) is 1.84. The summed E-state index contributed by atoms with van der Waals surface area (Å²) in [6, 6.07) is 5.68. The lowest BCUT2D eigenvalue weighted by Gasteiger charge is -2.23. The van der Waals surface area contributed by atoms with E-state index in [4.69, 9.17) is 4.74 Å². The van der Waals surface area contributed by atoms with Crippen LogP contribution < -0.4 is 4.74 Å². The topological polar surface area (TPSA) is 43.4 Å². The van der Waals surface area contributed by atoms with Crippen molar-refractivity contribution in [3.05, 3.63) is 29.3 Å². The van der Waals surface area contributed by atoms with Gasteiger partial charge in [-0.2, -0.15) is 0 Å². The number of methoxy groups -OCH3 is 1. The minimum atomic E-state index is -0.113. The number of hydrogen-bond donors (Lipinski definition) is 0. The van der Waals surface area contributed by atoms with Crippen LogP contribution in [0.25, 0.3) is 0 Å². The molecule has 0 saturated heterocycles. The van der Waals surface area contributed by atoms with Gasteiger partial charge in [0.2, 0.25) is 0 Å². The number of ether oxygens (including phenoxy) is 1. The van der Waals surface area contributed by atoms with Crippen molar-refractivity contribution in [2.24, 2.45) is 5.92 Å². The van der Waals surface area contributed by atoms with Crippen molar-refractivity contribution >= 4 is 11.6 Å². The third kappa shape index (κ3) is 1.49. The van der Waals surface area contributed by atoms with E-state index in [1.54, 1.807) is 13.2 Å². The van der Waals surface area contributed by atoms with Crippen LogP contribution in [0.4, 0.5) is 0 Å². The molecule has 88 valence electrons. The Kier molecular flexibility index (Phi) is 2.28. The van der Waals surface area contributed by atoms with Gasteiger partial charge in [-0.15, -0.1) is 0 Å². The van der Waals surface area contributed by atoms with Gasteiger partial charge in [0.05, 0.1) is 7.11 Å². The number of Topliss-reactive ketones (excluding diaryl/α,β-unsaturated/α-hetero) is 2. The lowest BCUT2D eigenvalue weighted by molar-refractivity contribution is -0.121. The van der Waals surface area contributed by atoms with Gasteiger partial charge in [-0.05, 0) is 30.0 Å². The molecule has 1 aromatic rings. The van der Waals surface area contributed by atoms with E-state index in [9.17, 15) is 9.59 Å². The molecule has 1 aromatic carbocycles. The molecule has 3 heteroatoms. The standard InChI is InChI=1S/C14H14O3/c1-17-9-3-5-11-10-4-2-8(15)6-12(10)14(16)13(11)7-9/h3,5,7,10,12H,2,4,6H2,1H3/t10-,12-/m0/s1. The molecule has 2 atom stereocenters. The van der Waals surface area contributed by atoms with Gasteiger partial charge < -0.3 is 4.74 Å². The summed E-state index contributed by atoms with van der Waals surface area (Å²) in [5.74, 6) is 1.19. The van der Waals surface area contributed by atoms with Gasteiger partial charge in [-0.1, -0.05) is 6.07 Å². The lowest BCUT2D eigenvalue weighted by Crippen LogP contribution is -2.23. The average molecular weight is 230 g/mol. The molecule has 0 unspecified atom stereocenters. The van der Waals surface area contributed by atoms with Crippen LogP contribution in [0.2, 0.25) is 0 Å². The molecule has 0 N–H and O–H groups in total. The van der Waals surface area contributed by atoms with E-state index in [2.05, 4.69) is 0 Å². The van der Waals surface area contributed by atoms with E-state index in [1.807, 2.05) is 12.1 Å². The van der Waals surface area contributed by atoms with E-state index in [0.29, 0.717) is 18.6 Å². The second-order valence-electron chi connectivity index (χ2n) is 4.81. The van der Waals surface area contributed by atoms with Crippen LogP contribution in [0, 0.1) is 5.92 Å². The molecule has 0 bridgehead atoms. The van der Waals surface area contributed by atoms with Crippen LogP contribution in [0.15, 0.2) is 18.2 Å². The van der Waals surface area contributed by atoms with E-state index < -0.39 is 0 Å². The predicted molar refractivity (Wildman–Crippen MR) is 62.4 cm³/mol. The molecule has 2 aliphatic rings. The molecule has 0 aliphatic heterocycles. The van der Waals surface area contributed by atoms with Crippen LogP contribution in [-0.4, -0.2) is 18.7 Å². The largest absolute Gasteiger partial charge is 0.497 e. The summed E-state index contributed by atoms with van der Waals surface area (Å²) in [4.78, 5) is 23.7. The highest BCUT2D eigenvalue weighted by Crippen LogP contribution is 2.46. The molecule has 0 radical (unpaired) electrons. The highest BCUT2D eigenvalue weighted by Gasteiger charge is 2.43. The van der Waals surface area contributed by atoms with E-state index in [0.717, 1.165) is 17.5 Å². The molecule has 17 heavy (non-hydrogen) atoms. The Morgan fingerprint density at radius 1 is 1.24 bits per heavy atom. The van der Waals surface area contributed by atoms with Gasteiger partial charge in [0, 0.05) is 24.3 Å². The monoisotopic (exact) mass is 230 g/mol. The zero-order chi connectivity index (χ0) is 12.0. The molecule has 3 nitrogen and oxygen atoms in total. The van der Waals surface area contributed by atoms with Crippen LogP contribution in [0.1, 0.15) is 41.1 Å². The van der Waals surface area contributed by atoms with Crippen LogP contribution in [0.5, 0.6) is 5.75 Å². The van der Waals surface area contributed by atoms with Crippen LogP contribution >= 0.6 is 0 Å². The quantitative estimate of drug-likeness (QED) is 0.743. The van der Waals surface area contributed by atoms with Gasteiger partial charge in [-0.3, -0.25) is 9.59 Å². The van der Waals surface area contributed by atoms with Crippen molar-refractivity contribution in [1.82, 2.24) is 0 Å². The molecule has 0 spiro atoms. The van der Waals surface area contributed by atoms with Gasteiger partial charge >= 0.3 is 0 Å². The summed E-state index contributed by atoms with van der Waals surface area (Å²) >= 11 is 0. The van der Waals surface area contributed by atoms with E-state index in [-0.39, 0.29) is 23.4 Å². The third-order valence-corrected chi connectivity index (χ3v) is 3.93. The molecular formula is C14H14O3. The molecule has 0 aromatic heterocycles. The number of benzene rings is 1. The maximum atomic E-state index is 12.2. The number of carbonyl (C=O) groups is 2. The van der Waals surface area contributed by atoms with Crippen molar-refractivity contribution in [3.8, 4) is 5.75 Å². The first-order chi connectivity index (χ1) is 8.20. The van der Waals surface area contributed by atoms with Crippen LogP contribution in [-0.2, 0) is 4.79 Å². The Bertz CT molecular complexity index is 504. The first-order valence-electron chi connectivity index (χ1n) is 5.94. The smallest absolute Gasteiger partial charge is 0.167 e. The lowest BCUT2D eigenvalue weighted by atomic mass is 9.79. The summed E-state index contributed by atoms with van der Waals surface area (Å²) in [7, 11) is 1.59. The zero-order valence-corrected chi connectivity index (χ0v) is 9.73. The third-order valence-electron chi connectivity index (χ3n) is 3.93. The first-order valence-corrected chi connectivity index (χ1v) is 5.94. The SMILES string of the molecule is COc1ccc2c(c1)C(=O)[C@H]1CC(=O)CC[C@@H]21. The van der Waals surface area contributed by atoms with Crippen LogP contribution in [0.3, 0.4) is 0 Å². The van der Waals surface area contributed by atoms with Crippen molar-refractivity contribution < 1.29 is 14.3 Å². The highest BCUT2D eigenvalue weighted by atomic mass is 16.5. The number of hydrogen-bond acceptors (Lipinski definition) is 3. The number of fused-ring (bicyclic) bond motifs is 3. The Morgan fingerprint density at radius 3 is 2.82 bits per heavy atom. The Hall–Kier alpha value is -1.64. The zero-order valence-electron chi connectivity index (χ0n) is 9.73. The second-order valence-corrected chi connectivity index (χ2v) is 4.81. The summed E-state index contributed by atoms with van der Waals surface area (Å²) < 4.78 is 5.14. The Balaban J connectivity index is 2.05. The summed E-state index contributed by atoms with van der Waals surface area (Å²) in [5.41, 5.74) is 1.86. The van der Waals surface area contributed by atoms with Crippen molar-refractivity contribution in [2.75, 3.05) is 7.11 Å². The maximum absolute atomic E-state index is 12.2. The van der Waals surface area contributed by atoms with Crippen molar-refractivity contribution in [2.45, 2.75) is 25.2 Å². The first kappa shape index (κ1) is 10.5. The molecule has 0 heterocycles. The van der Waals surface area contributed by atoms with E-state index in [1.165, 1.54) is 0 Å². The fourth-order valence-corrected chi connectivity index (χ4v) is 3.05. The number of ketones is 2. The second kappa shape index (κ2) is 3.69. The Morgan fingerprint density at radius 2 is 2.06 bits per heavy atom. The number of rotatable bonds is 1. The van der Waals surface area contributed by atoms with E-state index >= 15 is 0 Å². The maximum Gasteiger partial charge on any atom is 0.167 e. The van der Waals surface area contributed by atoms with Gasteiger partial charge in [0.25, 0.3) is 0 Å². The minimum Gasteiger partial charge on any atom is -0.497 e. The van der Waals surface area contributed by atoms with Gasteiger partial charge in [0.15, 0.2) is 5.78 Å². The summed E-state index contributed by atoms with van der Waals surface area (Å²) in [5, 5.41) is 0. The molecule has 1 saturated carbocycles. The molecule has 3 rings (SSSR count). The number of carbonyl (C=O) groups excluding carboxylic acids is 2. The fraction of sp³-hybridized carbons (Fsp3) is 0.429.